The molecule has 130 valence electrons. The highest BCUT2D eigenvalue weighted by molar-refractivity contribution is 7.85. The van der Waals surface area contributed by atoms with Crippen LogP contribution in [0.5, 0.6) is 0 Å². The number of hydrogen-bond donors (Lipinski definition) is 3. The number of hydrogen-bond acceptors (Lipinski definition) is 4. The molecule has 0 unspecified atom stereocenters. The molecule has 5 nitrogen and oxygen atoms in total. The molecule has 3 N–H and O–H groups in total. The molecule has 0 amide bonds. The molecule has 0 radical (unpaired) electrons. The van der Waals surface area contributed by atoms with Gasteiger partial charge in [0.25, 0.3) is 10.1 Å². The summed E-state index contributed by atoms with van der Waals surface area (Å²) in [5.74, 6) is 0. The first-order chi connectivity index (χ1) is 11.3. The first-order valence-corrected chi connectivity index (χ1v) is 9.28. The lowest BCUT2D eigenvalue weighted by atomic mass is 9.85. The Bertz CT molecular complexity index is 736. The van der Waals surface area contributed by atoms with E-state index < -0.39 is 15.7 Å². The van der Waals surface area contributed by atoms with Crippen LogP contribution < -0.4 is 5.32 Å². The Morgan fingerprint density at radius 3 is 2.00 bits per heavy atom. The van der Waals surface area contributed by atoms with Crippen LogP contribution in [0, 0.1) is 6.92 Å². The highest BCUT2D eigenvalue weighted by Gasteiger charge is 2.30. The van der Waals surface area contributed by atoms with Crippen LogP contribution in [0.1, 0.15) is 24.0 Å². The second-order valence-corrected chi connectivity index (χ2v) is 7.36. The summed E-state index contributed by atoms with van der Waals surface area (Å²) in [6.07, 6.45) is 1.63. The smallest absolute Gasteiger partial charge is 0.294 e. The van der Waals surface area contributed by atoms with E-state index in [1.165, 1.54) is 12.1 Å². The number of aryl methyl sites for hydroxylation is 1. The van der Waals surface area contributed by atoms with E-state index in [2.05, 4.69) is 5.32 Å². The van der Waals surface area contributed by atoms with Crippen molar-refractivity contribution in [1.29, 1.82) is 0 Å². The molecule has 0 atom stereocenters. The first kappa shape index (κ1) is 18.6. The van der Waals surface area contributed by atoms with E-state index in [1.54, 1.807) is 12.1 Å². The molecule has 0 bridgehead atoms. The fourth-order valence-electron chi connectivity index (χ4n) is 2.59. The standard InChI is InChI=1S/C11H15NO.C7H8O3S/c13-11(6-8-12-9-7-11)10-4-2-1-3-5-10;1-6-2-4-7(5-3-6)11(8,9)10/h1-5,12-13H,6-9H2;2-5H,1H3,(H,8,9,10). The number of rotatable bonds is 2. The third kappa shape index (κ3) is 5.14. The van der Waals surface area contributed by atoms with Crippen molar-refractivity contribution in [1.82, 2.24) is 5.32 Å². The van der Waals surface area contributed by atoms with Crippen molar-refractivity contribution in [2.24, 2.45) is 0 Å². The maximum atomic E-state index is 10.5. The molecule has 0 aromatic heterocycles. The molecular formula is C18H23NO4S. The molecule has 0 saturated carbocycles. The molecule has 3 rings (SSSR count). The molecule has 2 aromatic rings. The van der Waals surface area contributed by atoms with E-state index >= 15 is 0 Å². The monoisotopic (exact) mass is 349 g/mol. The van der Waals surface area contributed by atoms with Gasteiger partial charge < -0.3 is 10.4 Å². The number of aliphatic hydroxyl groups is 1. The predicted molar refractivity (Wildman–Crippen MR) is 93.4 cm³/mol. The molecule has 1 saturated heterocycles. The van der Waals surface area contributed by atoms with Gasteiger partial charge in [0.2, 0.25) is 0 Å². The van der Waals surface area contributed by atoms with Gasteiger partial charge in [-0.2, -0.15) is 8.42 Å². The highest BCUT2D eigenvalue weighted by Crippen LogP contribution is 2.29. The van der Waals surface area contributed by atoms with Gasteiger partial charge in [0.1, 0.15) is 0 Å². The Hall–Kier alpha value is -1.73. The largest absolute Gasteiger partial charge is 0.385 e. The van der Waals surface area contributed by atoms with Gasteiger partial charge in [-0.1, -0.05) is 48.0 Å². The zero-order chi connectivity index (χ0) is 17.6. The van der Waals surface area contributed by atoms with Gasteiger partial charge in [-0.25, -0.2) is 0 Å². The van der Waals surface area contributed by atoms with Crippen molar-refractivity contribution < 1.29 is 18.1 Å². The Labute approximate surface area is 143 Å². The van der Waals surface area contributed by atoms with E-state index in [1.807, 2.05) is 37.3 Å². The van der Waals surface area contributed by atoms with Crippen molar-refractivity contribution in [3.05, 3.63) is 65.7 Å². The van der Waals surface area contributed by atoms with Crippen molar-refractivity contribution in [3.8, 4) is 0 Å². The Balaban J connectivity index is 0.000000177. The molecule has 1 aliphatic rings. The van der Waals surface area contributed by atoms with Gasteiger partial charge in [0.05, 0.1) is 10.5 Å². The van der Waals surface area contributed by atoms with Crippen LogP contribution >= 0.6 is 0 Å². The van der Waals surface area contributed by atoms with E-state index in [0.29, 0.717) is 0 Å². The third-order valence-electron chi connectivity index (χ3n) is 4.06. The van der Waals surface area contributed by atoms with Gasteiger partial charge in [-0.3, -0.25) is 4.55 Å². The van der Waals surface area contributed by atoms with E-state index in [9.17, 15) is 13.5 Å². The lowest BCUT2D eigenvalue weighted by Crippen LogP contribution is -2.39. The van der Waals surface area contributed by atoms with Crippen molar-refractivity contribution in [2.75, 3.05) is 13.1 Å². The summed E-state index contributed by atoms with van der Waals surface area (Å²) in [5.41, 5.74) is 1.42. The van der Waals surface area contributed by atoms with E-state index in [0.717, 1.165) is 37.1 Å². The number of nitrogens with one attached hydrogen (secondary N) is 1. The summed E-state index contributed by atoms with van der Waals surface area (Å²) in [6.45, 7) is 3.66. The van der Waals surface area contributed by atoms with Crippen molar-refractivity contribution in [3.63, 3.8) is 0 Å². The molecule has 1 fully saturated rings. The van der Waals surface area contributed by atoms with Crippen LogP contribution in [0.15, 0.2) is 59.5 Å². The Morgan fingerprint density at radius 2 is 1.50 bits per heavy atom. The molecule has 1 aliphatic heterocycles. The fourth-order valence-corrected chi connectivity index (χ4v) is 3.07. The van der Waals surface area contributed by atoms with Crippen LogP contribution in [0.2, 0.25) is 0 Å². The van der Waals surface area contributed by atoms with Gasteiger partial charge in [-0.05, 0) is 50.6 Å². The van der Waals surface area contributed by atoms with Crippen LogP contribution in [0.3, 0.4) is 0 Å². The molecule has 6 heteroatoms. The van der Waals surface area contributed by atoms with Gasteiger partial charge in [-0.15, -0.1) is 0 Å². The van der Waals surface area contributed by atoms with Crippen LogP contribution in [-0.4, -0.2) is 31.2 Å². The molecule has 24 heavy (non-hydrogen) atoms. The number of piperidine rings is 1. The third-order valence-corrected chi connectivity index (χ3v) is 4.93. The second kappa shape index (κ2) is 7.90. The van der Waals surface area contributed by atoms with Crippen molar-refractivity contribution >= 4 is 10.1 Å². The van der Waals surface area contributed by atoms with Crippen LogP contribution in [-0.2, 0) is 15.7 Å². The molecular weight excluding hydrogens is 326 g/mol. The highest BCUT2D eigenvalue weighted by atomic mass is 32.2. The fraction of sp³-hybridized carbons (Fsp3) is 0.333. The minimum atomic E-state index is -4.02. The first-order valence-electron chi connectivity index (χ1n) is 7.84. The molecule has 2 aromatic carbocycles. The summed E-state index contributed by atoms with van der Waals surface area (Å²) in [5, 5.41) is 13.6. The summed E-state index contributed by atoms with van der Waals surface area (Å²) in [4.78, 5) is -0.0666. The Morgan fingerprint density at radius 1 is 0.958 bits per heavy atom. The quantitative estimate of drug-likeness (QED) is 0.725. The second-order valence-electron chi connectivity index (χ2n) is 5.94. The molecule has 1 heterocycles. The minimum absolute atomic E-state index is 0.0666. The average Bonchev–Trinajstić information content (AvgIpc) is 2.57. The normalized spacial score (nSPS) is 16.8. The van der Waals surface area contributed by atoms with Gasteiger partial charge in [0.15, 0.2) is 0 Å². The predicted octanol–water partition coefficient (Wildman–Crippen LogP) is 2.50. The average molecular weight is 349 g/mol. The topological polar surface area (TPSA) is 86.6 Å². The van der Waals surface area contributed by atoms with Crippen LogP contribution in [0.4, 0.5) is 0 Å². The zero-order valence-electron chi connectivity index (χ0n) is 13.6. The van der Waals surface area contributed by atoms with Gasteiger partial charge in [0, 0.05) is 0 Å². The SMILES string of the molecule is Cc1ccc(S(=O)(=O)O)cc1.OC1(c2ccccc2)CCNCC1. The maximum Gasteiger partial charge on any atom is 0.294 e. The summed E-state index contributed by atoms with van der Waals surface area (Å²) in [6, 6.07) is 15.9. The minimum Gasteiger partial charge on any atom is -0.385 e. The number of benzene rings is 2. The summed E-state index contributed by atoms with van der Waals surface area (Å²) >= 11 is 0. The lowest BCUT2D eigenvalue weighted by molar-refractivity contribution is 0.00594. The lowest BCUT2D eigenvalue weighted by Gasteiger charge is -2.32. The summed E-state index contributed by atoms with van der Waals surface area (Å²) < 4.78 is 29.6. The zero-order valence-corrected chi connectivity index (χ0v) is 14.5. The maximum absolute atomic E-state index is 10.5. The van der Waals surface area contributed by atoms with Gasteiger partial charge >= 0.3 is 0 Å². The Kier molecular flexibility index (Phi) is 6.12. The molecule has 0 aliphatic carbocycles. The van der Waals surface area contributed by atoms with Crippen molar-refractivity contribution in [2.45, 2.75) is 30.3 Å². The van der Waals surface area contributed by atoms with Crippen LogP contribution in [0.25, 0.3) is 0 Å². The van der Waals surface area contributed by atoms with E-state index in [4.69, 9.17) is 4.55 Å². The summed E-state index contributed by atoms with van der Waals surface area (Å²) in [7, 11) is -4.02. The molecule has 0 spiro atoms. The van der Waals surface area contributed by atoms with E-state index in [-0.39, 0.29) is 4.90 Å².